The zero-order chi connectivity index (χ0) is 24.2. The maximum Gasteiger partial charge on any atom is 0.338 e. The van der Waals surface area contributed by atoms with Crippen molar-refractivity contribution >= 4 is 23.5 Å². The minimum Gasteiger partial charge on any atom is -0.478 e. The molecule has 1 aliphatic rings. The summed E-state index contributed by atoms with van der Waals surface area (Å²) in [4.78, 5) is 38.7. The molecule has 1 amide bonds. The first-order valence-electron chi connectivity index (χ1n) is 11.0. The van der Waals surface area contributed by atoms with Gasteiger partial charge in [-0.15, -0.1) is 0 Å². The molecule has 0 unspecified atom stereocenters. The first-order chi connectivity index (χ1) is 16.4. The fourth-order valence-corrected chi connectivity index (χ4v) is 3.92. The summed E-state index contributed by atoms with van der Waals surface area (Å²) in [7, 11) is 1.33. The van der Waals surface area contributed by atoms with E-state index in [1.54, 1.807) is 60.4 Å². The van der Waals surface area contributed by atoms with Crippen LogP contribution in [-0.4, -0.2) is 37.7 Å². The molecule has 1 aliphatic heterocycles. The Bertz CT molecular complexity index is 1200. The van der Waals surface area contributed by atoms with Gasteiger partial charge in [0.2, 0.25) is 6.10 Å². The molecule has 0 aliphatic carbocycles. The Morgan fingerprint density at radius 3 is 2.12 bits per heavy atom. The van der Waals surface area contributed by atoms with Gasteiger partial charge >= 0.3 is 11.9 Å². The third-order valence-electron chi connectivity index (χ3n) is 5.72. The first kappa shape index (κ1) is 23.0. The SMILES string of the molecule is CCOC(=O)c1ccc(N2C(=O)[C@H](Oc3ccccc3C)[C@H]2c2ccc(C(=O)OC)cc2)cc1. The van der Waals surface area contributed by atoms with Crippen LogP contribution in [0.3, 0.4) is 0 Å². The standard InChI is InChI=1S/C27H25NO6/c1-4-33-27(31)20-13-15-21(16-14-20)28-23(18-9-11-19(12-10-18)26(30)32-3)24(25(28)29)34-22-8-6-5-7-17(22)2/h5-16,23-24H,4H2,1-3H3/t23-,24-/m1/s1. The number of carbonyl (C=O) groups excluding carboxylic acids is 3. The van der Waals surface area contributed by atoms with Gasteiger partial charge in [-0.05, 0) is 67.4 Å². The predicted molar refractivity (Wildman–Crippen MR) is 126 cm³/mol. The van der Waals surface area contributed by atoms with E-state index in [0.29, 0.717) is 22.6 Å². The number of carbonyl (C=O) groups is 3. The Hall–Kier alpha value is -4.13. The molecule has 0 N–H and O–H groups in total. The van der Waals surface area contributed by atoms with Crippen LogP contribution >= 0.6 is 0 Å². The van der Waals surface area contributed by atoms with Gasteiger partial charge in [-0.2, -0.15) is 0 Å². The van der Waals surface area contributed by atoms with Gasteiger partial charge in [-0.3, -0.25) is 9.69 Å². The lowest BCUT2D eigenvalue weighted by molar-refractivity contribution is -0.135. The Morgan fingerprint density at radius 2 is 1.50 bits per heavy atom. The average Bonchev–Trinajstić information content (AvgIpc) is 2.86. The van der Waals surface area contributed by atoms with E-state index in [9.17, 15) is 14.4 Å². The molecule has 3 aromatic carbocycles. The molecule has 0 radical (unpaired) electrons. The highest BCUT2D eigenvalue weighted by Crippen LogP contribution is 2.41. The van der Waals surface area contributed by atoms with Crippen molar-refractivity contribution in [3.05, 3.63) is 95.1 Å². The lowest BCUT2D eigenvalue weighted by Gasteiger charge is -2.46. The van der Waals surface area contributed by atoms with Crippen molar-refractivity contribution in [2.45, 2.75) is 26.0 Å². The van der Waals surface area contributed by atoms with Crippen LogP contribution in [0.25, 0.3) is 0 Å². The molecule has 4 rings (SSSR count). The summed E-state index contributed by atoms with van der Waals surface area (Å²) in [5.74, 6) is -0.418. The van der Waals surface area contributed by atoms with Crippen molar-refractivity contribution in [3.63, 3.8) is 0 Å². The van der Waals surface area contributed by atoms with E-state index in [1.807, 2.05) is 31.2 Å². The second kappa shape index (κ2) is 9.79. The van der Waals surface area contributed by atoms with Gasteiger partial charge in [-0.25, -0.2) is 9.59 Å². The summed E-state index contributed by atoms with van der Waals surface area (Å²) < 4.78 is 16.0. The van der Waals surface area contributed by atoms with Crippen LogP contribution < -0.4 is 9.64 Å². The van der Waals surface area contributed by atoms with Crippen molar-refractivity contribution in [2.75, 3.05) is 18.6 Å². The number of para-hydroxylation sites is 1. The normalized spacial score (nSPS) is 17.0. The molecule has 7 heteroatoms. The second-order valence-electron chi connectivity index (χ2n) is 7.84. The zero-order valence-corrected chi connectivity index (χ0v) is 19.2. The number of nitrogens with zero attached hydrogens (tertiary/aromatic N) is 1. The van der Waals surface area contributed by atoms with Gasteiger partial charge < -0.3 is 14.2 Å². The largest absolute Gasteiger partial charge is 0.478 e. The number of β-lactam (4-membered cyclic amide) rings is 1. The van der Waals surface area contributed by atoms with Crippen molar-refractivity contribution in [1.82, 2.24) is 0 Å². The Balaban J connectivity index is 1.66. The molecule has 34 heavy (non-hydrogen) atoms. The van der Waals surface area contributed by atoms with E-state index in [-0.39, 0.29) is 12.5 Å². The summed E-state index contributed by atoms with van der Waals surface area (Å²) in [6.07, 6.45) is -0.741. The summed E-state index contributed by atoms with van der Waals surface area (Å²) in [6.45, 7) is 3.95. The monoisotopic (exact) mass is 459 g/mol. The number of esters is 2. The predicted octanol–water partition coefficient (Wildman–Crippen LogP) is 4.49. The number of hydrogen-bond acceptors (Lipinski definition) is 6. The van der Waals surface area contributed by atoms with Crippen LogP contribution in [0.2, 0.25) is 0 Å². The molecule has 1 heterocycles. The van der Waals surface area contributed by atoms with Crippen LogP contribution in [0.4, 0.5) is 5.69 Å². The molecular formula is C27H25NO6. The lowest BCUT2D eigenvalue weighted by Crippen LogP contribution is -2.61. The Morgan fingerprint density at radius 1 is 0.882 bits per heavy atom. The molecule has 0 bridgehead atoms. The molecule has 1 saturated heterocycles. The van der Waals surface area contributed by atoms with Gasteiger partial charge in [0.15, 0.2) is 0 Å². The third-order valence-corrected chi connectivity index (χ3v) is 5.72. The summed E-state index contributed by atoms with van der Waals surface area (Å²) in [5.41, 5.74) is 3.18. The molecule has 0 aromatic heterocycles. The molecular weight excluding hydrogens is 434 g/mol. The number of methoxy groups -OCH3 is 1. The lowest BCUT2D eigenvalue weighted by atomic mass is 9.89. The number of ether oxygens (including phenoxy) is 3. The highest BCUT2D eigenvalue weighted by Gasteiger charge is 2.51. The van der Waals surface area contributed by atoms with E-state index in [1.165, 1.54) is 7.11 Å². The Labute approximate surface area is 197 Å². The van der Waals surface area contributed by atoms with E-state index >= 15 is 0 Å². The summed E-state index contributed by atoms with van der Waals surface area (Å²) >= 11 is 0. The number of amides is 1. The number of aryl methyl sites for hydroxylation is 1. The molecule has 1 fully saturated rings. The van der Waals surface area contributed by atoms with Crippen molar-refractivity contribution in [1.29, 1.82) is 0 Å². The minimum absolute atomic E-state index is 0.200. The summed E-state index contributed by atoms with van der Waals surface area (Å²) in [6, 6.07) is 20.7. The average molecular weight is 459 g/mol. The maximum absolute atomic E-state index is 13.2. The van der Waals surface area contributed by atoms with Crippen LogP contribution in [0.5, 0.6) is 5.75 Å². The van der Waals surface area contributed by atoms with Crippen LogP contribution in [-0.2, 0) is 14.3 Å². The highest BCUT2D eigenvalue weighted by molar-refractivity contribution is 6.05. The number of hydrogen-bond donors (Lipinski definition) is 0. The quantitative estimate of drug-likeness (QED) is 0.382. The molecule has 2 atom stereocenters. The Kier molecular flexibility index (Phi) is 6.63. The van der Waals surface area contributed by atoms with Crippen molar-refractivity contribution in [2.24, 2.45) is 0 Å². The minimum atomic E-state index is -0.741. The fraction of sp³-hybridized carbons (Fsp3) is 0.222. The maximum atomic E-state index is 13.2. The summed E-state index contributed by atoms with van der Waals surface area (Å²) in [5, 5.41) is 0. The highest BCUT2D eigenvalue weighted by atomic mass is 16.5. The van der Waals surface area contributed by atoms with Gasteiger partial charge in [0.1, 0.15) is 11.8 Å². The van der Waals surface area contributed by atoms with E-state index in [4.69, 9.17) is 14.2 Å². The number of anilines is 1. The third kappa shape index (κ3) is 4.37. The van der Waals surface area contributed by atoms with Crippen LogP contribution in [0.15, 0.2) is 72.8 Å². The first-order valence-corrected chi connectivity index (χ1v) is 11.0. The fourth-order valence-electron chi connectivity index (χ4n) is 3.92. The molecule has 7 nitrogen and oxygen atoms in total. The van der Waals surface area contributed by atoms with Gasteiger partial charge in [0.05, 0.1) is 24.8 Å². The molecule has 0 saturated carbocycles. The van der Waals surface area contributed by atoms with E-state index in [2.05, 4.69) is 0 Å². The molecule has 174 valence electrons. The smallest absolute Gasteiger partial charge is 0.338 e. The zero-order valence-electron chi connectivity index (χ0n) is 19.2. The van der Waals surface area contributed by atoms with Gasteiger partial charge in [0.25, 0.3) is 5.91 Å². The molecule has 3 aromatic rings. The molecule has 0 spiro atoms. The topological polar surface area (TPSA) is 82.1 Å². The van der Waals surface area contributed by atoms with Crippen molar-refractivity contribution in [3.8, 4) is 5.75 Å². The van der Waals surface area contributed by atoms with E-state index < -0.39 is 24.1 Å². The van der Waals surface area contributed by atoms with Crippen molar-refractivity contribution < 1.29 is 28.6 Å². The van der Waals surface area contributed by atoms with Crippen LogP contribution in [0.1, 0.15) is 44.8 Å². The number of rotatable bonds is 7. The van der Waals surface area contributed by atoms with Gasteiger partial charge in [-0.1, -0.05) is 30.3 Å². The second-order valence-corrected chi connectivity index (χ2v) is 7.84. The van der Waals surface area contributed by atoms with E-state index in [0.717, 1.165) is 11.1 Å². The van der Waals surface area contributed by atoms with Crippen LogP contribution in [0, 0.1) is 6.92 Å². The number of benzene rings is 3. The van der Waals surface area contributed by atoms with Gasteiger partial charge in [0, 0.05) is 5.69 Å².